The van der Waals surface area contributed by atoms with Gasteiger partial charge < -0.3 is 15.5 Å². The Labute approximate surface area is 121 Å². The van der Waals surface area contributed by atoms with Crippen LogP contribution in [0.4, 0.5) is 5.95 Å². The molecule has 0 fully saturated rings. The van der Waals surface area contributed by atoms with Gasteiger partial charge in [0.05, 0.1) is 5.56 Å². The fourth-order valence-corrected chi connectivity index (χ4v) is 1.54. The summed E-state index contributed by atoms with van der Waals surface area (Å²) >= 11 is 0. The highest BCUT2D eigenvalue weighted by molar-refractivity contribution is 5.94. The fraction of sp³-hybridized carbons (Fsp3) is 0.643. The molecule has 0 spiro atoms. The second kappa shape index (κ2) is 7.19. The van der Waals surface area contributed by atoms with E-state index in [0.29, 0.717) is 11.5 Å². The molecule has 0 aliphatic rings. The zero-order valence-electron chi connectivity index (χ0n) is 13.0. The lowest BCUT2D eigenvalue weighted by atomic mass is 10.1. The van der Waals surface area contributed by atoms with Crippen LogP contribution in [0, 0.1) is 0 Å². The van der Waals surface area contributed by atoms with Crippen LogP contribution in [0.3, 0.4) is 0 Å². The summed E-state index contributed by atoms with van der Waals surface area (Å²) in [4.78, 5) is 22.3. The summed E-state index contributed by atoms with van der Waals surface area (Å²) in [5.74, 6) is 0.396. The number of hydrogen-bond acceptors (Lipinski definition) is 5. The molecule has 2 N–H and O–H groups in total. The number of nitrogens with zero attached hydrogens (tertiary/aromatic N) is 3. The minimum atomic E-state index is -0.264. The molecule has 1 rings (SSSR count). The van der Waals surface area contributed by atoms with Crippen LogP contribution in [0.15, 0.2) is 12.4 Å². The average molecular weight is 279 g/mol. The van der Waals surface area contributed by atoms with Crippen molar-refractivity contribution in [1.29, 1.82) is 0 Å². The molecule has 1 aromatic rings. The summed E-state index contributed by atoms with van der Waals surface area (Å²) in [6.07, 6.45) is 4.10. The van der Waals surface area contributed by atoms with Crippen LogP contribution in [0.5, 0.6) is 0 Å². The zero-order valence-corrected chi connectivity index (χ0v) is 13.0. The van der Waals surface area contributed by atoms with Gasteiger partial charge in [0.25, 0.3) is 5.91 Å². The average Bonchev–Trinajstić information content (AvgIpc) is 2.33. The van der Waals surface area contributed by atoms with Crippen molar-refractivity contribution in [1.82, 2.24) is 20.2 Å². The molecule has 0 saturated heterocycles. The highest BCUT2D eigenvalue weighted by atomic mass is 16.1. The first-order valence-electron chi connectivity index (χ1n) is 6.81. The van der Waals surface area contributed by atoms with Gasteiger partial charge in [0.15, 0.2) is 0 Å². The van der Waals surface area contributed by atoms with Gasteiger partial charge in [0, 0.05) is 24.5 Å². The molecule has 6 heteroatoms. The highest BCUT2D eigenvalue weighted by Crippen LogP contribution is 2.04. The molecular formula is C14H25N5O. The second-order valence-corrected chi connectivity index (χ2v) is 6.08. The molecule has 1 amide bonds. The smallest absolute Gasteiger partial charge is 0.254 e. The van der Waals surface area contributed by atoms with Gasteiger partial charge in [0.1, 0.15) is 0 Å². The maximum absolute atomic E-state index is 11.9. The number of hydrogen-bond donors (Lipinski definition) is 2. The third-order valence-corrected chi connectivity index (χ3v) is 2.47. The minimum Gasteiger partial charge on any atom is -0.354 e. The molecule has 0 radical (unpaired) electrons. The molecule has 0 aliphatic carbocycles. The van der Waals surface area contributed by atoms with Crippen molar-refractivity contribution in [3.63, 3.8) is 0 Å². The molecule has 0 unspecified atom stereocenters. The van der Waals surface area contributed by atoms with Crippen LogP contribution in [-0.2, 0) is 0 Å². The highest BCUT2D eigenvalue weighted by Gasteiger charge is 2.15. The topological polar surface area (TPSA) is 70.2 Å². The van der Waals surface area contributed by atoms with E-state index in [-0.39, 0.29) is 11.4 Å². The van der Waals surface area contributed by atoms with Crippen LogP contribution in [0.25, 0.3) is 0 Å². The van der Waals surface area contributed by atoms with Gasteiger partial charge >= 0.3 is 0 Å². The van der Waals surface area contributed by atoms with E-state index < -0.39 is 0 Å². The predicted molar refractivity (Wildman–Crippen MR) is 80.9 cm³/mol. The van der Waals surface area contributed by atoms with Crippen LogP contribution >= 0.6 is 0 Å². The Morgan fingerprint density at radius 1 is 1.25 bits per heavy atom. The summed E-state index contributed by atoms with van der Waals surface area (Å²) in [6.45, 7) is 7.63. The molecule has 112 valence electrons. The molecule has 0 bridgehead atoms. The van der Waals surface area contributed by atoms with Crippen LogP contribution in [0.1, 0.15) is 37.6 Å². The van der Waals surface area contributed by atoms with Crippen LogP contribution < -0.4 is 10.6 Å². The second-order valence-electron chi connectivity index (χ2n) is 6.08. The van der Waals surface area contributed by atoms with Gasteiger partial charge in [-0.15, -0.1) is 0 Å². The Morgan fingerprint density at radius 3 is 2.35 bits per heavy atom. The zero-order chi connectivity index (χ0) is 15.2. The van der Waals surface area contributed by atoms with Crippen molar-refractivity contribution >= 4 is 11.9 Å². The van der Waals surface area contributed by atoms with Crippen molar-refractivity contribution in [3.8, 4) is 0 Å². The maximum atomic E-state index is 11.9. The van der Waals surface area contributed by atoms with Crippen molar-refractivity contribution in [2.45, 2.75) is 32.7 Å². The molecular weight excluding hydrogens is 254 g/mol. The van der Waals surface area contributed by atoms with Crippen molar-refractivity contribution in [3.05, 3.63) is 18.0 Å². The Morgan fingerprint density at radius 2 is 1.85 bits per heavy atom. The number of rotatable bonds is 6. The Hall–Kier alpha value is -1.69. The molecule has 0 aromatic carbocycles. The third-order valence-electron chi connectivity index (χ3n) is 2.47. The molecule has 6 nitrogen and oxygen atoms in total. The van der Waals surface area contributed by atoms with Gasteiger partial charge in [-0.3, -0.25) is 4.79 Å². The lowest BCUT2D eigenvalue weighted by Gasteiger charge is -2.20. The number of carbonyl (C=O) groups excluding carboxylic acids is 1. The molecule has 1 aromatic heterocycles. The Balaban J connectivity index is 2.46. The first kappa shape index (κ1) is 16.4. The molecule has 1 heterocycles. The van der Waals surface area contributed by atoms with Gasteiger partial charge in [-0.1, -0.05) is 0 Å². The summed E-state index contributed by atoms with van der Waals surface area (Å²) in [5.41, 5.74) is 0.207. The monoisotopic (exact) mass is 279 g/mol. The van der Waals surface area contributed by atoms with Crippen molar-refractivity contribution in [2.24, 2.45) is 0 Å². The van der Waals surface area contributed by atoms with Crippen molar-refractivity contribution < 1.29 is 4.79 Å². The summed E-state index contributed by atoms with van der Waals surface area (Å²) in [7, 11) is 4.08. The summed E-state index contributed by atoms with van der Waals surface area (Å²) < 4.78 is 0. The van der Waals surface area contributed by atoms with Gasteiger partial charge in [-0.25, -0.2) is 9.97 Å². The quantitative estimate of drug-likeness (QED) is 0.770. The van der Waals surface area contributed by atoms with Gasteiger partial charge in [0.2, 0.25) is 5.95 Å². The lowest BCUT2D eigenvalue weighted by molar-refractivity contribution is 0.0919. The van der Waals surface area contributed by atoms with E-state index >= 15 is 0 Å². The number of aromatic nitrogens is 2. The number of anilines is 1. The predicted octanol–water partition coefficient (Wildman–Crippen LogP) is 1.37. The van der Waals surface area contributed by atoms with Gasteiger partial charge in [-0.05, 0) is 47.8 Å². The van der Waals surface area contributed by atoms with E-state index in [4.69, 9.17) is 0 Å². The largest absolute Gasteiger partial charge is 0.354 e. The molecule has 20 heavy (non-hydrogen) atoms. The van der Waals surface area contributed by atoms with E-state index in [9.17, 15) is 4.79 Å². The van der Waals surface area contributed by atoms with E-state index in [0.717, 1.165) is 19.5 Å². The van der Waals surface area contributed by atoms with Crippen LogP contribution in [-0.4, -0.2) is 53.5 Å². The standard InChI is InChI=1S/C14H25N5O/c1-14(2,3)18-12(20)11-9-16-13(17-10-11)15-7-6-8-19(4)5/h9-10H,6-8H2,1-5H3,(H,18,20)(H,15,16,17). The summed E-state index contributed by atoms with van der Waals surface area (Å²) in [6, 6.07) is 0. The van der Waals surface area contributed by atoms with Gasteiger partial charge in [-0.2, -0.15) is 0 Å². The van der Waals surface area contributed by atoms with E-state index in [1.807, 2.05) is 34.9 Å². The SMILES string of the molecule is CN(C)CCCNc1ncc(C(=O)NC(C)(C)C)cn1. The normalized spacial score (nSPS) is 11.5. The first-order chi connectivity index (χ1) is 9.28. The van der Waals surface area contributed by atoms with Crippen LogP contribution in [0.2, 0.25) is 0 Å². The molecule has 0 saturated carbocycles. The van der Waals surface area contributed by atoms with E-state index in [1.54, 1.807) is 12.4 Å². The first-order valence-corrected chi connectivity index (χ1v) is 6.81. The Kier molecular flexibility index (Phi) is 5.88. The van der Waals surface area contributed by atoms with Crippen molar-refractivity contribution in [2.75, 3.05) is 32.5 Å². The lowest BCUT2D eigenvalue weighted by Crippen LogP contribution is -2.40. The number of nitrogens with one attached hydrogen (secondary N) is 2. The molecule has 0 aliphatic heterocycles. The number of carbonyl (C=O) groups is 1. The summed E-state index contributed by atoms with van der Waals surface area (Å²) in [5, 5.41) is 6.01. The minimum absolute atomic E-state index is 0.156. The van der Waals surface area contributed by atoms with E-state index in [1.165, 1.54) is 0 Å². The fourth-order valence-electron chi connectivity index (χ4n) is 1.54. The third kappa shape index (κ3) is 6.47. The maximum Gasteiger partial charge on any atom is 0.254 e. The molecule has 0 atom stereocenters. The Bertz CT molecular complexity index is 422. The van der Waals surface area contributed by atoms with E-state index in [2.05, 4.69) is 25.5 Å². The number of amides is 1.